The maximum absolute atomic E-state index is 9.26. The van der Waals surface area contributed by atoms with Crippen molar-refractivity contribution in [2.75, 3.05) is 40.5 Å². The first kappa shape index (κ1) is 15.0. The van der Waals surface area contributed by atoms with Crippen molar-refractivity contribution < 1.29 is 14.6 Å². The Bertz CT molecular complexity index is 313. The highest BCUT2D eigenvalue weighted by molar-refractivity contribution is 5.25. The van der Waals surface area contributed by atoms with E-state index in [-0.39, 0.29) is 0 Å². The summed E-state index contributed by atoms with van der Waals surface area (Å²) in [5.41, 5.74) is 1.20. The fourth-order valence-corrected chi connectivity index (χ4v) is 1.78. The lowest BCUT2D eigenvalue weighted by atomic mass is 10.2. The second-order valence-electron chi connectivity index (χ2n) is 4.28. The maximum atomic E-state index is 9.26. The zero-order valence-electron chi connectivity index (χ0n) is 11.3. The molecule has 0 unspecified atom stereocenters. The van der Waals surface area contributed by atoms with Crippen LogP contribution in [0, 0.1) is 0 Å². The lowest BCUT2D eigenvalue weighted by Crippen LogP contribution is -2.28. The summed E-state index contributed by atoms with van der Waals surface area (Å²) in [7, 11) is 3.44. The van der Waals surface area contributed by atoms with Gasteiger partial charge in [0.15, 0.2) is 0 Å². The fraction of sp³-hybridized carbons (Fsp3) is 0.571. The molecule has 0 saturated heterocycles. The third-order valence-corrected chi connectivity index (χ3v) is 2.78. The molecule has 1 N–H and O–H groups in total. The van der Waals surface area contributed by atoms with Crippen molar-refractivity contribution >= 4 is 0 Å². The Morgan fingerprint density at radius 3 is 2.28 bits per heavy atom. The van der Waals surface area contributed by atoms with E-state index in [1.54, 1.807) is 26.4 Å². The van der Waals surface area contributed by atoms with Crippen LogP contribution in [0.15, 0.2) is 24.3 Å². The number of hydrogen-bond donors (Lipinski definition) is 1. The Labute approximate surface area is 109 Å². The van der Waals surface area contributed by atoms with Gasteiger partial charge in [-0.25, -0.2) is 0 Å². The lowest BCUT2D eigenvalue weighted by Gasteiger charge is -2.21. The molecular formula is C14H23NO3. The molecule has 0 bridgehead atoms. The van der Waals surface area contributed by atoms with E-state index < -0.39 is 0 Å². The Hall–Kier alpha value is -1.10. The molecular weight excluding hydrogens is 230 g/mol. The quantitative estimate of drug-likeness (QED) is 0.682. The van der Waals surface area contributed by atoms with Crippen molar-refractivity contribution in [3.8, 4) is 5.75 Å². The van der Waals surface area contributed by atoms with Crippen LogP contribution in [0.1, 0.15) is 12.0 Å². The van der Waals surface area contributed by atoms with Crippen LogP contribution in [-0.4, -0.2) is 50.5 Å². The van der Waals surface area contributed by atoms with Gasteiger partial charge in [-0.05, 0) is 24.1 Å². The number of nitrogens with zero attached hydrogens (tertiary/aromatic N) is 1. The summed E-state index contributed by atoms with van der Waals surface area (Å²) in [5, 5.41) is 9.26. The molecule has 0 aliphatic carbocycles. The van der Waals surface area contributed by atoms with Crippen molar-refractivity contribution in [3.05, 3.63) is 29.8 Å². The van der Waals surface area contributed by atoms with Gasteiger partial charge in [0, 0.05) is 40.5 Å². The number of ether oxygens (including phenoxy) is 2. The SMILES string of the molecule is COCCCN(CCOC)Cc1ccc(O)cc1. The molecule has 1 aromatic carbocycles. The van der Waals surface area contributed by atoms with Gasteiger partial charge in [-0.15, -0.1) is 0 Å². The second-order valence-corrected chi connectivity index (χ2v) is 4.28. The number of phenols is 1. The number of hydrogen-bond acceptors (Lipinski definition) is 4. The van der Waals surface area contributed by atoms with Crippen LogP contribution in [-0.2, 0) is 16.0 Å². The molecule has 4 nitrogen and oxygen atoms in total. The first-order valence-electron chi connectivity index (χ1n) is 6.24. The lowest BCUT2D eigenvalue weighted by molar-refractivity contribution is 0.129. The maximum Gasteiger partial charge on any atom is 0.115 e. The standard InChI is InChI=1S/C14H23NO3/c1-17-10-3-8-15(9-11-18-2)12-13-4-6-14(16)7-5-13/h4-7,16H,3,8-12H2,1-2H3. The average Bonchev–Trinajstić information content (AvgIpc) is 2.38. The van der Waals surface area contributed by atoms with E-state index in [1.165, 1.54) is 5.56 Å². The molecule has 1 aromatic rings. The van der Waals surface area contributed by atoms with Gasteiger partial charge < -0.3 is 14.6 Å². The van der Waals surface area contributed by atoms with Crippen LogP contribution < -0.4 is 0 Å². The van der Waals surface area contributed by atoms with Gasteiger partial charge in [0.25, 0.3) is 0 Å². The van der Waals surface area contributed by atoms with Gasteiger partial charge in [-0.1, -0.05) is 12.1 Å². The molecule has 0 atom stereocenters. The van der Waals surface area contributed by atoms with Crippen LogP contribution >= 0.6 is 0 Å². The number of aromatic hydroxyl groups is 1. The second kappa shape index (κ2) is 8.91. The number of methoxy groups -OCH3 is 2. The average molecular weight is 253 g/mol. The third kappa shape index (κ3) is 6.00. The summed E-state index contributed by atoms with van der Waals surface area (Å²) in [6.45, 7) is 4.26. The molecule has 1 rings (SSSR count). The fourth-order valence-electron chi connectivity index (χ4n) is 1.78. The van der Waals surface area contributed by atoms with Crippen molar-refractivity contribution in [1.29, 1.82) is 0 Å². The highest BCUT2D eigenvalue weighted by Crippen LogP contribution is 2.11. The largest absolute Gasteiger partial charge is 0.508 e. The first-order chi connectivity index (χ1) is 8.76. The van der Waals surface area contributed by atoms with E-state index in [9.17, 15) is 5.11 Å². The van der Waals surface area contributed by atoms with E-state index in [4.69, 9.17) is 9.47 Å². The predicted octanol–water partition coefficient (Wildman–Crippen LogP) is 1.88. The van der Waals surface area contributed by atoms with Gasteiger partial charge in [0.05, 0.1) is 6.61 Å². The summed E-state index contributed by atoms with van der Waals surface area (Å²) < 4.78 is 10.2. The molecule has 18 heavy (non-hydrogen) atoms. The minimum absolute atomic E-state index is 0.307. The van der Waals surface area contributed by atoms with E-state index in [2.05, 4.69) is 4.90 Å². The Kier molecular flexibility index (Phi) is 7.41. The first-order valence-corrected chi connectivity index (χ1v) is 6.24. The predicted molar refractivity (Wildman–Crippen MR) is 71.8 cm³/mol. The van der Waals surface area contributed by atoms with Crippen LogP contribution in [0.2, 0.25) is 0 Å². The third-order valence-electron chi connectivity index (χ3n) is 2.78. The summed E-state index contributed by atoms with van der Waals surface area (Å²) in [4.78, 5) is 2.33. The van der Waals surface area contributed by atoms with E-state index in [0.717, 1.165) is 39.3 Å². The highest BCUT2D eigenvalue weighted by atomic mass is 16.5. The van der Waals surface area contributed by atoms with Crippen molar-refractivity contribution in [1.82, 2.24) is 4.90 Å². The molecule has 0 aromatic heterocycles. The molecule has 0 fully saturated rings. The Balaban J connectivity index is 2.45. The summed E-state index contributed by atoms with van der Waals surface area (Å²) in [6.07, 6.45) is 1.01. The smallest absolute Gasteiger partial charge is 0.115 e. The summed E-state index contributed by atoms with van der Waals surface area (Å²) >= 11 is 0. The van der Waals surface area contributed by atoms with E-state index in [0.29, 0.717) is 5.75 Å². The molecule has 0 spiro atoms. The van der Waals surface area contributed by atoms with Crippen LogP contribution in [0.4, 0.5) is 0 Å². The van der Waals surface area contributed by atoms with Crippen LogP contribution in [0.5, 0.6) is 5.75 Å². The molecule has 4 heteroatoms. The van der Waals surface area contributed by atoms with Crippen LogP contribution in [0.3, 0.4) is 0 Å². The van der Waals surface area contributed by atoms with Crippen LogP contribution in [0.25, 0.3) is 0 Å². The molecule has 0 saturated carbocycles. The molecule has 0 aliphatic rings. The van der Waals surface area contributed by atoms with Gasteiger partial charge >= 0.3 is 0 Å². The van der Waals surface area contributed by atoms with Gasteiger partial charge in [0.1, 0.15) is 5.75 Å². The van der Waals surface area contributed by atoms with Gasteiger partial charge in [-0.2, -0.15) is 0 Å². The monoisotopic (exact) mass is 253 g/mol. The van der Waals surface area contributed by atoms with Crippen molar-refractivity contribution in [3.63, 3.8) is 0 Å². The van der Waals surface area contributed by atoms with Gasteiger partial charge in [-0.3, -0.25) is 4.90 Å². The number of benzene rings is 1. The molecule has 0 amide bonds. The molecule has 0 heterocycles. The zero-order chi connectivity index (χ0) is 13.2. The molecule has 0 radical (unpaired) electrons. The van der Waals surface area contributed by atoms with Gasteiger partial charge in [0.2, 0.25) is 0 Å². The molecule has 0 aliphatic heterocycles. The topological polar surface area (TPSA) is 41.9 Å². The summed E-state index contributed by atoms with van der Waals surface area (Å²) in [6, 6.07) is 7.34. The Morgan fingerprint density at radius 2 is 1.67 bits per heavy atom. The number of phenolic OH excluding ortho intramolecular Hbond substituents is 1. The van der Waals surface area contributed by atoms with E-state index >= 15 is 0 Å². The minimum Gasteiger partial charge on any atom is -0.508 e. The zero-order valence-corrected chi connectivity index (χ0v) is 11.3. The molecule has 102 valence electrons. The number of rotatable bonds is 9. The highest BCUT2D eigenvalue weighted by Gasteiger charge is 2.05. The minimum atomic E-state index is 0.307. The van der Waals surface area contributed by atoms with Crippen molar-refractivity contribution in [2.24, 2.45) is 0 Å². The summed E-state index contributed by atoms with van der Waals surface area (Å²) in [5.74, 6) is 0.307. The Morgan fingerprint density at radius 1 is 1.00 bits per heavy atom. The van der Waals surface area contributed by atoms with E-state index in [1.807, 2.05) is 12.1 Å². The normalized spacial score (nSPS) is 11.1. The van der Waals surface area contributed by atoms with Crippen molar-refractivity contribution in [2.45, 2.75) is 13.0 Å².